The highest BCUT2D eigenvalue weighted by atomic mass is 16.5. The molecule has 2 aliphatic rings. The first-order valence-electron chi connectivity index (χ1n) is 16.9. The number of benzene rings is 1. The van der Waals surface area contributed by atoms with Crippen LogP contribution in [0.15, 0.2) is 48.9 Å². The summed E-state index contributed by atoms with van der Waals surface area (Å²) in [5, 5.41) is 8.40. The van der Waals surface area contributed by atoms with Gasteiger partial charge in [-0.2, -0.15) is 5.10 Å². The Morgan fingerprint density at radius 2 is 1.88 bits per heavy atom. The molecule has 1 aliphatic heterocycles. The maximum atomic E-state index is 14.3. The quantitative estimate of drug-likeness (QED) is 0.230. The van der Waals surface area contributed by atoms with Crippen LogP contribution in [-0.2, 0) is 26.1 Å². The number of urea groups is 1. The lowest BCUT2D eigenvalue weighted by molar-refractivity contribution is -0.134. The van der Waals surface area contributed by atoms with Crippen molar-refractivity contribution < 1.29 is 23.9 Å². The van der Waals surface area contributed by atoms with E-state index in [1.165, 1.54) is 13.2 Å². The van der Waals surface area contributed by atoms with Crippen LogP contribution in [-0.4, -0.2) is 103 Å². The first-order valence-corrected chi connectivity index (χ1v) is 16.9. The van der Waals surface area contributed by atoms with Crippen LogP contribution in [0.3, 0.4) is 0 Å². The van der Waals surface area contributed by atoms with Crippen LogP contribution >= 0.6 is 0 Å². The summed E-state index contributed by atoms with van der Waals surface area (Å²) in [7, 11) is 7.27. The average molecular weight is 660 g/mol. The Balaban J connectivity index is 1.27. The normalized spacial score (nSPS) is 21.5. The Bertz CT molecular complexity index is 1600. The number of likely N-dealkylation sites (N-methyl/N-ethyl adjacent to an activating group) is 1. The molecule has 1 saturated carbocycles. The van der Waals surface area contributed by atoms with Crippen LogP contribution in [0, 0.1) is 17.8 Å². The van der Waals surface area contributed by atoms with Crippen LogP contribution in [0.1, 0.15) is 44.6 Å². The van der Waals surface area contributed by atoms with E-state index in [1.807, 2.05) is 55.2 Å². The van der Waals surface area contributed by atoms with Gasteiger partial charge in [0.1, 0.15) is 0 Å². The molecule has 12 heteroatoms. The molecule has 3 aromatic rings. The minimum atomic E-state index is -0.459. The van der Waals surface area contributed by atoms with Crippen LogP contribution < -0.4 is 10.2 Å². The number of piperidine rings is 1. The van der Waals surface area contributed by atoms with Gasteiger partial charge in [0.05, 0.1) is 49.1 Å². The molecular weight excluding hydrogens is 610 g/mol. The van der Waals surface area contributed by atoms with Crippen LogP contribution in [0.2, 0.25) is 0 Å². The Morgan fingerprint density at radius 1 is 1.08 bits per heavy atom. The van der Waals surface area contributed by atoms with Crippen molar-refractivity contribution in [2.45, 2.75) is 45.1 Å². The number of carbonyl (C=O) groups excluding carboxylic acids is 3. The van der Waals surface area contributed by atoms with E-state index in [4.69, 9.17) is 9.47 Å². The molecule has 3 amide bonds. The van der Waals surface area contributed by atoms with Crippen molar-refractivity contribution in [3.63, 3.8) is 0 Å². The van der Waals surface area contributed by atoms with E-state index >= 15 is 0 Å². The van der Waals surface area contributed by atoms with Crippen LogP contribution in [0.5, 0.6) is 0 Å². The highest BCUT2D eigenvalue weighted by Crippen LogP contribution is 2.33. The summed E-state index contributed by atoms with van der Waals surface area (Å²) in [5.74, 6) is -0.139. The van der Waals surface area contributed by atoms with Crippen molar-refractivity contribution in [2.24, 2.45) is 24.8 Å². The number of nitrogens with one attached hydrogen (secondary N) is 1. The van der Waals surface area contributed by atoms with E-state index in [-0.39, 0.29) is 35.8 Å². The number of hydrogen-bond acceptors (Lipinski definition) is 8. The summed E-state index contributed by atoms with van der Waals surface area (Å²) in [5.41, 5.74) is 3.02. The Kier molecular flexibility index (Phi) is 11.8. The van der Waals surface area contributed by atoms with Gasteiger partial charge in [0.15, 0.2) is 0 Å². The van der Waals surface area contributed by atoms with Crippen molar-refractivity contribution in [2.75, 3.05) is 64.2 Å². The summed E-state index contributed by atoms with van der Waals surface area (Å²) in [4.78, 5) is 49.7. The Labute approximate surface area is 283 Å². The number of fused-ring (bicyclic) bond motifs is 1. The minimum Gasteiger partial charge on any atom is -0.466 e. The summed E-state index contributed by atoms with van der Waals surface area (Å²) in [6.07, 6.45) is 12.4. The molecule has 0 bridgehead atoms. The van der Waals surface area contributed by atoms with Crippen molar-refractivity contribution in [1.82, 2.24) is 24.6 Å². The van der Waals surface area contributed by atoms with E-state index in [9.17, 15) is 14.4 Å². The first kappa shape index (κ1) is 35.0. The molecule has 0 spiro atoms. The molecule has 2 fully saturated rings. The fraction of sp³-hybridized carbons (Fsp3) is 0.528. The number of anilines is 2. The largest absolute Gasteiger partial charge is 0.466 e. The van der Waals surface area contributed by atoms with Gasteiger partial charge >= 0.3 is 12.0 Å². The molecule has 0 radical (unpaired) electrons. The average Bonchev–Trinajstić information content (AvgIpc) is 3.47. The number of ether oxygens (including phenoxy) is 2. The lowest BCUT2D eigenvalue weighted by Gasteiger charge is -2.40. The molecular formula is C36H49N7O5. The Morgan fingerprint density at radius 3 is 2.60 bits per heavy atom. The van der Waals surface area contributed by atoms with Gasteiger partial charge in [-0.05, 0) is 81.8 Å². The second-order valence-electron chi connectivity index (χ2n) is 13.3. The van der Waals surface area contributed by atoms with Gasteiger partial charge < -0.3 is 29.5 Å². The zero-order valence-electron chi connectivity index (χ0n) is 28.8. The van der Waals surface area contributed by atoms with Gasteiger partial charge in [-0.1, -0.05) is 19.1 Å². The van der Waals surface area contributed by atoms with Gasteiger partial charge in [-0.3, -0.25) is 14.5 Å². The zero-order valence-corrected chi connectivity index (χ0v) is 28.8. The molecule has 1 aromatic carbocycles. The molecule has 12 nitrogen and oxygen atoms in total. The van der Waals surface area contributed by atoms with E-state index < -0.39 is 5.97 Å². The third-order valence-corrected chi connectivity index (χ3v) is 9.64. The highest BCUT2D eigenvalue weighted by Gasteiger charge is 2.35. The molecule has 2 unspecified atom stereocenters. The number of nitrogens with zero attached hydrogens (tertiary/aromatic N) is 6. The number of likely N-dealkylation sites (tertiary alicyclic amines) is 1. The molecule has 3 heterocycles. The SMILES string of the molecule is COC(=O)/C=C/c1cncc(N(CC2CCN(C(=O)Nc3cccc4cnn(C)c34)CC2C)C(=O)C2CCC(OCCN(C)C)CC2)c1. The molecule has 2 aromatic heterocycles. The fourth-order valence-corrected chi connectivity index (χ4v) is 6.75. The Hall–Kier alpha value is -4.29. The number of esters is 1. The molecule has 1 saturated heterocycles. The molecule has 1 aliphatic carbocycles. The smallest absolute Gasteiger partial charge is 0.330 e. The lowest BCUT2D eigenvalue weighted by Crippen LogP contribution is -2.49. The number of carbonyl (C=O) groups is 3. The third kappa shape index (κ3) is 8.78. The monoisotopic (exact) mass is 659 g/mol. The summed E-state index contributed by atoms with van der Waals surface area (Å²) in [6.45, 7) is 5.40. The summed E-state index contributed by atoms with van der Waals surface area (Å²) >= 11 is 0. The first-order chi connectivity index (χ1) is 23.1. The summed E-state index contributed by atoms with van der Waals surface area (Å²) in [6, 6.07) is 7.55. The topological polar surface area (TPSA) is 122 Å². The van der Waals surface area contributed by atoms with Crippen molar-refractivity contribution in [3.05, 3.63) is 54.5 Å². The predicted molar refractivity (Wildman–Crippen MR) is 186 cm³/mol. The van der Waals surface area contributed by atoms with E-state index in [1.54, 1.807) is 29.3 Å². The number of amides is 3. The number of methoxy groups -OCH3 is 1. The maximum absolute atomic E-state index is 14.3. The number of hydrogen-bond donors (Lipinski definition) is 1. The van der Waals surface area contributed by atoms with E-state index in [0.29, 0.717) is 37.5 Å². The zero-order chi connectivity index (χ0) is 34.2. The number of rotatable bonds is 11. The number of aryl methyl sites for hydroxylation is 1. The maximum Gasteiger partial charge on any atom is 0.330 e. The highest BCUT2D eigenvalue weighted by molar-refractivity contribution is 6.00. The molecule has 5 rings (SSSR count). The summed E-state index contributed by atoms with van der Waals surface area (Å²) < 4.78 is 12.6. The molecule has 2 atom stereocenters. The molecule has 258 valence electrons. The second-order valence-corrected chi connectivity index (χ2v) is 13.3. The van der Waals surface area contributed by atoms with Crippen molar-refractivity contribution >= 4 is 46.3 Å². The fourth-order valence-electron chi connectivity index (χ4n) is 6.75. The van der Waals surface area contributed by atoms with Gasteiger partial charge in [-0.15, -0.1) is 0 Å². The third-order valence-electron chi connectivity index (χ3n) is 9.64. The van der Waals surface area contributed by atoms with Crippen LogP contribution in [0.4, 0.5) is 16.2 Å². The van der Waals surface area contributed by atoms with E-state index in [2.05, 4.69) is 27.2 Å². The molecule has 48 heavy (non-hydrogen) atoms. The second kappa shape index (κ2) is 16.2. The van der Waals surface area contributed by atoms with Crippen molar-refractivity contribution in [1.29, 1.82) is 0 Å². The standard InChI is InChI=1S/C36H49N7O5/c1-25-23-42(36(46)39-32-8-6-7-28-21-38-41(4)34(28)32)16-15-29(25)24-43(30-19-26(20-37-22-30)9-14-33(44)47-5)35(45)27-10-12-31(13-11-27)48-18-17-40(2)3/h6-9,14,19-22,25,27,29,31H,10-13,15-18,23-24H2,1-5H3,(H,39,46)/b14-9+. The minimum absolute atomic E-state index is 0.0919. The molecule has 1 N–H and O–H groups in total. The lowest BCUT2D eigenvalue weighted by atomic mass is 9.84. The van der Waals surface area contributed by atoms with Gasteiger partial charge in [0, 0.05) is 56.8 Å². The predicted octanol–water partition coefficient (Wildman–Crippen LogP) is 4.81. The van der Waals surface area contributed by atoms with E-state index in [0.717, 1.165) is 55.2 Å². The van der Waals surface area contributed by atoms with Crippen LogP contribution in [0.25, 0.3) is 17.0 Å². The number of aromatic nitrogens is 3. The van der Waals surface area contributed by atoms with Gasteiger partial charge in [0.25, 0.3) is 0 Å². The van der Waals surface area contributed by atoms with Gasteiger partial charge in [-0.25, -0.2) is 9.59 Å². The van der Waals surface area contributed by atoms with Gasteiger partial charge in [0.2, 0.25) is 5.91 Å². The number of para-hydroxylation sites is 1. The number of pyridine rings is 1. The van der Waals surface area contributed by atoms with Crippen molar-refractivity contribution in [3.8, 4) is 0 Å².